The SMILES string of the molecule is C[C@H](NC(=O)[C@H]1CCCN(S(=O)(=O)c2ccc3c(c2)C[C@@H](C)N3C(=O)C2CC2)C1)c1ccccc1. The van der Waals surface area contributed by atoms with Gasteiger partial charge in [-0.2, -0.15) is 4.31 Å². The van der Waals surface area contributed by atoms with Gasteiger partial charge in [-0.15, -0.1) is 0 Å². The van der Waals surface area contributed by atoms with E-state index in [0.717, 1.165) is 29.7 Å². The number of carbonyl (C=O) groups is 2. The Balaban J connectivity index is 1.29. The maximum atomic E-state index is 13.5. The maximum absolute atomic E-state index is 13.5. The van der Waals surface area contributed by atoms with Crippen LogP contribution in [0.1, 0.15) is 56.7 Å². The first kappa shape index (κ1) is 24.0. The molecule has 1 N–H and O–H groups in total. The van der Waals surface area contributed by atoms with E-state index < -0.39 is 10.0 Å². The van der Waals surface area contributed by atoms with Crippen LogP contribution in [0.4, 0.5) is 5.69 Å². The number of nitrogens with zero attached hydrogens (tertiary/aromatic N) is 2. The van der Waals surface area contributed by atoms with Gasteiger partial charge < -0.3 is 10.2 Å². The van der Waals surface area contributed by atoms with Crippen LogP contribution in [0.5, 0.6) is 0 Å². The van der Waals surface area contributed by atoms with Crippen molar-refractivity contribution in [3.8, 4) is 0 Å². The number of nitrogens with one attached hydrogen (secondary N) is 1. The van der Waals surface area contributed by atoms with Gasteiger partial charge in [0.1, 0.15) is 0 Å². The van der Waals surface area contributed by atoms with Crippen LogP contribution in [-0.4, -0.2) is 43.7 Å². The molecule has 8 heteroatoms. The Morgan fingerprint density at radius 1 is 1.03 bits per heavy atom. The van der Waals surface area contributed by atoms with Gasteiger partial charge in [-0.1, -0.05) is 30.3 Å². The van der Waals surface area contributed by atoms with E-state index in [-0.39, 0.29) is 47.2 Å². The zero-order valence-corrected chi connectivity index (χ0v) is 21.1. The van der Waals surface area contributed by atoms with Crippen molar-refractivity contribution in [3.63, 3.8) is 0 Å². The van der Waals surface area contributed by atoms with E-state index in [1.54, 1.807) is 18.2 Å². The highest BCUT2D eigenvalue weighted by Crippen LogP contribution is 2.40. The highest BCUT2D eigenvalue weighted by atomic mass is 32.2. The lowest BCUT2D eigenvalue weighted by atomic mass is 9.98. The summed E-state index contributed by atoms with van der Waals surface area (Å²) in [5.74, 6) is -0.224. The minimum absolute atomic E-state index is 0.0331. The molecule has 1 saturated carbocycles. The molecule has 2 aromatic carbocycles. The zero-order valence-electron chi connectivity index (χ0n) is 20.3. The van der Waals surface area contributed by atoms with E-state index in [1.807, 2.05) is 49.1 Å². The normalized spacial score (nSPS) is 23.5. The first-order chi connectivity index (χ1) is 16.8. The van der Waals surface area contributed by atoms with Crippen LogP contribution in [0.15, 0.2) is 53.4 Å². The second-order valence-electron chi connectivity index (χ2n) is 10.2. The van der Waals surface area contributed by atoms with Crippen LogP contribution in [0.2, 0.25) is 0 Å². The van der Waals surface area contributed by atoms with Crippen LogP contribution in [0, 0.1) is 11.8 Å². The number of hydrogen-bond donors (Lipinski definition) is 1. The molecule has 0 unspecified atom stereocenters. The van der Waals surface area contributed by atoms with E-state index in [1.165, 1.54) is 4.31 Å². The molecule has 35 heavy (non-hydrogen) atoms. The van der Waals surface area contributed by atoms with Gasteiger partial charge in [-0.3, -0.25) is 9.59 Å². The van der Waals surface area contributed by atoms with Gasteiger partial charge >= 0.3 is 0 Å². The van der Waals surface area contributed by atoms with E-state index in [0.29, 0.717) is 25.8 Å². The molecule has 186 valence electrons. The van der Waals surface area contributed by atoms with Crippen molar-refractivity contribution in [1.29, 1.82) is 0 Å². The summed E-state index contributed by atoms with van der Waals surface area (Å²) in [5.41, 5.74) is 2.75. The van der Waals surface area contributed by atoms with Crippen molar-refractivity contribution in [1.82, 2.24) is 9.62 Å². The fourth-order valence-electron chi connectivity index (χ4n) is 5.31. The molecule has 5 rings (SSSR count). The number of hydrogen-bond acceptors (Lipinski definition) is 4. The summed E-state index contributed by atoms with van der Waals surface area (Å²) >= 11 is 0. The summed E-state index contributed by atoms with van der Waals surface area (Å²) in [6.07, 6.45) is 3.84. The van der Waals surface area contributed by atoms with Gasteiger partial charge in [0.15, 0.2) is 0 Å². The average Bonchev–Trinajstić information content (AvgIpc) is 3.66. The molecule has 0 bridgehead atoms. The number of sulfonamides is 1. The standard InChI is InChI=1S/C27H33N3O4S/c1-18-15-23-16-24(12-13-25(23)30(18)27(32)21-10-11-21)35(33,34)29-14-6-9-22(17-29)26(31)28-19(2)20-7-4-3-5-8-20/h3-5,7-8,12-13,16,18-19,21-22H,6,9-11,14-15,17H2,1-2H3,(H,28,31)/t18-,19+,22+/m1/s1. The molecule has 2 amide bonds. The number of amides is 2. The molecule has 0 spiro atoms. The van der Waals surface area contributed by atoms with Gasteiger partial charge in [0.05, 0.1) is 16.9 Å². The highest BCUT2D eigenvalue weighted by Gasteiger charge is 2.40. The number of rotatable bonds is 6. The van der Waals surface area contributed by atoms with Crippen molar-refractivity contribution in [2.75, 3.05) is 18.0 Å². The molecule has 1 saturated heterocycles. The molecule has 2 heterocycles. The summed E-state index contributed by atoms with van der Waals surface area (Å²) < 4.78 is 28.5. The molecule has 0 radical (unpaired) electrons. The second-order valence-corrected chi connectivity index (χ2v) is 12.1. The maximum Gasteiger partial charge on any atom is 0.243 e. The zero-order chi connectivity index (χ0) is 24.7. The lowest BCUT2D eigenvalue weighted by molar-refractivity contribution is -0.126. The van der Waals surface area contributed by atoms with Crippen molar-refractivity contribution in [2.24, 2.45) is 11.8 Å². The summed E-state index contributed by atoms with van der Waals surface area (Å²) in [5, 5.41) is 3.05. The van der Waals surface area contributed by atoms with Crippen LogP contribution in [-0.2, 0) is 26.0 Å². The number of benzene rings is 2. The number of fused-ring (bicyclic) bond motifs is 1. The summed E-state index contributed by atoms with van der Waals surface area (Å²) in [6, 6.07) is 14.8. The van der Waals surface area contributed by atoms with E-state index in [9.17, 15) is 18.0 Å². The van der Waals surface area contributed by atoms with Crippen LogP contribution < -0.4 is 10.2 Å². The molecule has 7 nitrogen and oxygen atoms in total. The summed E-state index contributed by atoms with van der Waals surface area (Å²) in [6.45, 7) is 4.53. The molecule has 2 fully saturated rings. The first-order valence-corrected chi connectivity index (χ1v) is 14.0. The molecule has 2 aliphatic heterocycles. The number of anilines is 1. The molecule has 1 aliphatic carbocycles. The Hall–Kier alpha value is -2.71. The largest absolute Gasteiger partial charge is 0.349 e. The third-order valence-corrected chi connectivity index (χ3v) is 9.34. The Morgan fingerprint density at radius 2 is 1.77 bits per heavy atom. The van der Waals surface area contributed by atoms with Gasteiger partial charge in [-0.05, 0) is 75.3 Å². The van der Waals surface area contributed by atoms with Crippen molar-refractivity contribution in [3.05, 3.63) is 59.7 Å². The molecule has 3 aliphatic rings. The lowest BCUT2D eigenvalue weighted by Crippen LogP contribution is -2.45. The summed E-state index contributed by atoms with van der Waals surface area (Å²) in [4.78, 5) is 27.8. The second kappa shape index (κ2) is 9.39. The first-order valence-electron chi connectivity index (χ1n) is 12.6. The number of carbonyl (C=O) groups excluding carboxylic acids is 2. The van der Waals surface area contributed by atoms with Gasteiger partial charge in [0, 0.05) is 30.7 Å². The number of piperidine rings is 1. The van der Waals surface area contributed by atoms with Crippen molar-refractivity contribution in [2.45, 2.75) is 62.9 Å². The topological polar surface area (TPSA) is 86.8 Å². The molecular weight excluding hydrogens is 462 g/mol. The van der Waals surface area contributed by atoms with E-state index >= 15 is 0 Å². The fraction of sp³-hybridized carbons (Fsp3) is 0.481. The minimum Gasteiger partial charge on any atom is -0.349 e. The van der Waals surface area contributed by atoms with Crippen LogP contribution >= 0.6 is 0 Å². The summed E-state index contributed by atoms with van der Waals surface area (Å²) in [7, 11) is -3.74. The average molecular weight is 496 g/mol. The molecule has 0 aromatic heterocycles. The third-order valence-electron chi connectivity index (χ3n) is 7.48. The van der Waals surface area contributed by atoms with Gasteiger partial charge in [-0.25, -0.2) is 8.42 Å². The van der Waals surface area contributed by atoms with E-state index in [4.69, 9.17) is 0 Å². The quantitative estimate of drug-likeness (QED) is 0.663. The van der Waals surface area contributed by atoms with E-state index in [2.05, 4.69) is 5.32 Å². The monoisotopic (exact) mass is 495 g/mol. The van der Waals surface area contributed by atoms with Gasteiger partial charge in [0.25, 0.3) is 0 Å². The Kier molecular flexibility index (Phi) is 6.44. The fourth-order valence-corrected chi connectivity index (χ4v) is 6.89. The smallest absolute Gasteiger partial charge is 0.243 e. The minimum atomic E-state index is -3.74. The highest BCUT2D eigenvalue weighted by molar-refractivity contribution is 7.89. The van der Waals surface area contributed by atoms with Crippen molar-refractivity contribution >= 4 is 27.5 Å². The van der Waals surface area contributed by atoms with Crippen LogP contribution in [0.25, 0.3) is 0 Å². The van der Waals surface area contributed by atoms with Gasteiger partial charge in [0.2, 0.25) is 21.8 Å². The molecule has 2 aromatic rings. The van der Waals surface area contributed by atoms with Crippen LogP contribution in [0.3, 0.4) is 0 Å². The predicted molar refractivity (Wildman–Crippen MR) is 134 cm³/mol. The third kappa shape index (κ3) is 4.74. The Morgan fingerprint density at radius 3 is 2.49 bits per heavy atom. The lowest BCUT2D eigenvalue weighted by Gasteiger charge is -2.32. The Bertz CT molecular complexity index is 1230. The molecular formula is C27H33N3O4S. The predicted octanol–water partition coefficient (Wildman–Crippen LogP) is 3.65. The van der Waals surface area contributed by atoms with Crippen molar-refractivity contribution < 1.29 is 18.0 Å². The molecule has 3 atom stereocenters. The Labute approximate surface area is 207 Å².